The minimum absolute atomic E-state index is 0.364. The van der Waals surface area contributed by atoms with Gasteiger partial charge in [0.25, 0.3) is 0 Å². The van der Waals surface area contributed by atoms with Gasteiger partial charge in [-0.1, -0.05) is 42.0 Å². The summed E-state index contributed by atoms with van der Waals surface area (Å²) in [4.78, 5) is 17.1. The van der Waals surface area contributed by atoms with Crippen molar-refractivity contribution in [3.8, 4) is 16.3 Å². The van der Waals surface area contributed by atoms with Crippen molar-refractivity contribution in [1.29, 1.82) is 0 Å². The van der Waals surface area contributed by atoms with Gasteiger partial charge in [-0.2, -0.15) is 0 Å². The summed E-state index contributed by atoms with van der Waals surface area (Å²) in [6, 6.07) is 22.9. The van der Waals surface area contributed by atoms with Crippen LogP contribution in [-0.4, -0.2) is 11.0 Å². The van der Waals surface area contributed by atoms with Crippen LogP contribution in [-0.2, 0) is 0 Å². The number of hydrogen-bond acceptors (Lipinski definition) is 4. The van der Waals surface area contributed by atoms with Gasteiger partial charge >= 0.3 is 5.97 Å². The highest BCUT2D eigenvalue weighted by atomic mass is 32.1. The van der Waals surface area contributed by atoms with Crippen LogP contribution in [0.5, 0.6) is 5.75 Å². The van der Waals surface area contributed by atoms with Crippen LogP contribution in [0, 0.1) is 6.92 Å². The number of carbonyl (C=O) groups excluding carboxylic acids is 1. The predicted molar refractivity (Wildman–Crippen MR) is 101 cm³/mol. The molecule has 0 atom stereocenters. The second kappa shape index (κ2) is 6.49. The molecule has 0 spiro atoms. The number of aromatic nitrogens is 1. The Kier molecular flexibility index (Phi) is 4.04. The third-order valence-electron chi connectivity index (χ3n) is 3.87. The van der Waals surface area contributed by atoms with Crippen molar-refractivity contribution in [3.63, 3.8) is 0 Å². The molecule has 0 aliphatic carbocycles. The van der Waals surface area contributed by atoms with Crippen LogP contribution in [0.15, 0.2) is 72.8 Å². The molecule has 4 heteroatoms. The van der Waals surface area contributed by atoms with Crippen molar-refractivity contribution in [2.75, 3.05) is 0 Å². The number of benzene rings is 3. The first-order chi connectivity index (χ1) is 12.2. The fourth-order valence-electron chi connectivity index (χ4n) is 2.65. The van der Waals surface area contributed by atoms with Gasteiger partial charge in [-0.25, -0.2) is 9.78 Å². The SMILES string of the molecule is Cc1cccc(C(=O)Oc2ccccc2-c2nc3ccccc3s2)c1. The van der Waals surface area contributed by atoms with Gasteiger partial charge in [0.2, 0.25) is 0 Å². The number of nitrogens with zero attached hydrogens (tertiary/aromatic N) is 1. The number of rotatable bonds is 3. The molecule has 0 N–H and O–H groups in total. The number of para-hydroxylation sites is 2. The topological polar surface area (TPSA) is 39.2 Å². The van der Waals surface area contributed by atoms with Crippen molar-refractivity contribution < 1.29 is 9.53 Å². The molecular weight excluding hydrogens is 330 g/mol. The number of ether oxygens (including phenoxy) is 1. The molecule has 0 amide bonds. The molecular formula is C21H15NO2S. The molecule has 0 unspecified atom stereocenters. The molecule has 25 heavy (non-hydrogen) atoms. The van der Waals surface area contributed by atoms with Crippen molar-refractivity contribution in [2.24, 2.45) is 0 Å². The van der Waals surface area contributed by atoms with E-state index in [2.05, 4.69) is 4.98 Å². The van der Waals surface area contributed by atoms with Gasteiger partial charge in [0.05, 0.1) is 21.3 Å². The van der Waals surface area contributed by atoms with E-state index in [1.165, 1.54) is 0 Å². The molecule has 4 rings (SSSR count). The van der Waals surface area contributed by atoms with E-state index >= 15 is 0 Å². The molecule has 0 aliphatic heterocycles. The van der Waals surface area contributed by atoms with Gasteiger partial charge in [0.1, 0.15) is 10.8 Å². The van der Waals surface area contributed by atoms with E-state index in [0.29, 0.717) is 11.3 Å². The number of esters is 1. The Morgan fingerprint density at radius 1 is 0.960 bits per heavy atom. The molecule has 122 valence electrons. The summed E-state index contributed by atoms with van der Waals surface area (Å²) in [6.45, 7) is 1.95. The fraction of sp³-hybridized carbons (Fsp3) is 0.0476. The molecule has 0 fully saturated rings. The van der Waals surface area contributed by atoms with E-state index < -0.39 is 0 Å². The van der Waals surface area contributed by atoms with Gasteiger partial charge in [0, 0.05) is 0 Å². The lowest BCUT2D eigenvalue weighted by Crippen LogP contribution is -2.09. The summed E-state index contributed by atoms with van der Waals surface area (Å²) in [5, 5.41) is 0.842. The Hall–Kier alpha value is -2.98. The molecule has 1 heterocycles. The van der Waals surface area contributed by atoms with Crippen molar-refractivity contribution in [1.82, 2.24) is 4.98 Å². The third kappa shape index (κ3) is 3.16. The lowest BCUT2D eigenvalue weighted by atomic mass is 10.1. The van der Waals surface area contributed by atoms with E-state index in [1.807, 2.05) is 67.6 Å². The van der Waals surface area contributed by atoms with E-state index in [-0.39, 0.29) is 5.97 Å². The largest absolute Gasteiger partial charge is 0.422 e. The minimum atomic E-state index is -0.364. The fourth-order valence-corrected chi connectivity index (χ4v) is 3.65. The summed E-state index contributed by atoms with van der Waals surface area (Å²) in [5.41, 5.74) is 3.33. The third-order valence-corrected chi connectivity index (χ3v) is 4.94. The smallest absolute Gasteiger partial charge is 0.343 e. The van der Waals surface area contributed by atoms with Crippen LogP contribution in [0.3, 0.4) is 0 Å². The maximum atomic E-state index is 12.5. The van der Waals surface area contributed by atoms with Crippen molar-refractivity contribution in [2.45, 2.75) is 6.92 Å². The lowest BCUT2D eigenvalue weighted by Gasteiger charge is -2.08. The maximum absolute atomic E-state index is 12.5. The zero-order valence-corrected chi connectivity index (χ0v) is 14.4. The Labute approximate surface area is 149 Å². The monoisotopic (exact) mass is 345 g/mol. The van der Waals surface area contributed by atoms with Crippen LogP contribution >= 0.6 is 11.3 Å². The normalized spacial score (nSPS) is 10.8. The van der Waals surface area contributed by atoms with Gasteiger partial charge in [-0.05, 0) is 43.3 Å². The van der Waals surface area contributed by atoms with Crippen molar-refractivity contribution in [3.05, 3.63) is 83.9 Å². The molecule has 0 bridgehead atoms. The van der Waals surface area contributed by atoms with E-state index in [1.54, 1.807) is 23.5 Å². The van der Waals surface area contributed by atoms with Gasteiger partial charge in [-0.3, -0.25) is 0 Å². The molecule has 0 radical (unpaired) electrons. The van der Waals surface area contributed by atoms with Crippen LogP contribution in [0.2, 0.25) is 0 Å². The lowest BCUT2D eigenvalue weighted by molar-refractivity contribution is 0.0735. The summed E-state index contributed by atoms with van der Waals surface area (Å²) < 4.78 is 6.77. The van der Waals surface area contributed by atoms with Gasteiger partial charge in [0.15, 0.2) is 0 Å². The first-order valence-electron chi connectivity index (χ1n) is 7.94. The summed E-state index contributed by atoms with van der Waals surface area (Å²) in [5.74, 6) is 0.158. The number of carbonyl (C=O) groups is 1. The average Bonchev–Trinajstić information content (AvgIpc) is 3.06. The molecule has 1 aromatic heterocycles. The van der Waals surface area contributed by atoms with Gasteiger partial charge in [-0.15, -0.1) is 11.3 Å². The maximum Gasteiger partial charge on any atom is 0.343 e. The molecule has 3 nitrogen and oxygen atoms in total. The van der Waals surface area contributed by atoms with E-state index in [4.69, 9.17) is 4.74 Å². The first-order valence-corrected chi connectivity index (χ1v) is 8.76. The average molecular weight is 345 g/mol. The van der Waals surface area contributed by atoms with E-state index in [0.717, 1.165) is 26.4 Å². The summed E-state index contributed by atoms with van der Waals surface area (Å²) in [6.07, 6.45) is 0. The van der Waals surface area contributed by atoms with E-state index in [9.17, 15) is 4.79 Å². The Bertz CT molecular complexity index is 1040. The Balaban J connectivity index is 1.70. The minimum Gasteiger partial charge on any atom is -0.422 e. The quantitative estimate of drug-likeness (QED) is 0.364. The molecule has 3 aromatic carbocycles. The number of thiazole rings is 1. The number of fused-ring (bicyclic) bond motifs is 1. The molecule has 4 aromatic rings. The second-order valence-corrected chi connectivity index (χ2v) is 6.77. The molecule has 0 saturated heterocycles. The zero-order chi connectivity index (χ0) is 17.2. The first kappa shape index (κ1) is 15.5. The number of hydrogen-bond donors (Lipinski definition) is 0. The second-order valence-electron chi connectivity index (χ2n) is 5.74. The van der Waals surface area contributed by atoms with Crippen LogP contribution in [0.4, 0.5) is 0 Å². The summed E-state index contributed by atoms with van der Waals surface area (Å²) in [7, 11) is 0. The van der Waals surface area contributed by atoms with Crippen molar-refractivity contribution >= 4 is 27.5 Å². The van der Waals surface area contributed by atoms with Crippen LogP contribution < -0.4 is 4.74 Å². The number of aryl methyl sites for hydroxylation is 1. The van der Waals surface area contributed by atoms with Crippen LogP contribution in [0.25, 0.3) is 20.8 Å². The highest BCUT2D eigenvalue weighted by Crippen LogP contribution is 2.35. The predicted octanol–water partition coefficient (Wildman–Crippen LogP) is 5.49. The molecule has 0 aliphatic rings. The highest BCUT2D eigenvalue weighted by molar-refractivity contribution is 7.21. The Morgan fingerprint density at radius 3 is 2.60 bits per heavy atom. The molecule has 0 saturated carbocycles. The highest BCUT2D eigenvalue weighted by Gasteiger charge is 2.15. The van der Waals surface area contributed by atoms with Gasteiger partial charge < -0.3 is 4.74 Å². The van der Waals surface area contributed by atoms with Crippen LogP contribution in [0.1, 0.15) is 15.9 Å². The summed E-state index contributed by atoms with van der Waals surface area (Å²) >= 11 is 1.59. The Morgan fingerprint density at radius 2 is 1.76 bits per heavy atom. The zero-order valence-electron chi connectivity index (χ0n) is 13.6. The standard InChI is InChI=1S/C21H15NO2S/c1-14-7-6-8-15(13-14)21(23)24-18-11-4-2-9-16(18)20-22-17-10-3-5-12-19(17)25-20/h2-13H,1H3.